The van der Waals surface area contributed by atoms with Gasteiger partial charge in [0.15, 0.2) is 0 Å². The quantitative estimate of drug-likeness (QED) is 0.432. The molecule has 1 aliphatic carbocycles. The molecule has 2 N–H and O–H groups in total. The van der Waals surface area contributed by atoms with E-state index in [1.807, 2.05) is 24.3 Å². The summed E-state index contributed by atoms with van der Waals surface area (Å²) >= 11 is 1.49. The lowest BCUT2D eigenvalue weighted by atomic mass is 9.98. The summed E-state index contributed by atoms with van der Waals surface area (Å²) in [6, 6.07) is 15.8. The van der Waals surface area contributed by atoms with Crippen LogP contribution in [0.1, 0.15) is 55.6 Å². The summed E-state index contributed by atoms with van der Waals surface area (Å²) < 4.78 is 5.55. The summed E-state index contributed by atoms with van der Waals surface area (Å²) in [6.07, 6.45) is 4.44. The van der Waals surface area contributed by atoms with E-state index in [0.717, 1.165) is 32.1 Å². The first-order valence-corrected chi connectivity index (χ1v) is 13.4. The van der Waals surface area contributed by atoms with E-state index in [2.05, 4.69) is 29.6 Å². The number of thioether (sulfide) groups is 1. The van der Waals surface area contributed by atoms with Crippen LogP contribution in [-0.4, -0.2) is 58.8 Å². The number of hydrogen-bond donors (Lipinski definition) is 2. The van der Waals surface area contributed by atoms with Crippen molar-refractivity contribution in [3.05, 3.63) is 59.7 Å². The molecular weight excluding hydrogens is 464 g/mol. The van der Waals surface area contributed by atoms with E-state index in [1.54, 1.807) is 0 Å². The number of fused-ring (bicyclic) bond motifs is 3. The van der Waals surface area contributed by atoms with E-state index in [0.29, 0.717) is 31.2 Å². The molecule has 186 valence electrons. The highest BCUT2D eigenvalue weighted by Gasteiger charge is 2.34. The zero-order valence-electron chi connectivity index (χ0n) is 19.8. The van der Waals surface area contributed by atoms with Crippen molar-refractivity contribution < 1.29 is 24.2 Å². The third kappa shape index (κ3) is 6.17. The van der Waals surface area contributed by atoms with E-state index in [-0.39, 0.29) is 11.8 Å². The Balaban J connectivity index is 1.08. The molecule has 0 bridgehead atoms. The minimum Gasteiger partial charge on any atom is -0.480 e. The van der Waals surface area contributed by atoms with E-state index in [9.17, 15) is 19.5 Å². The first-order chi connectivity index (χ1) is 17.1. The maximum Gasteiger partial charge on any atom is 0.407 e. The van der Waals surface area contributed by atoms with Crippen molar-refractivity contribution in [3.63, 3.8) is 0 Å². The van der Waals surface area contributed by atoms with E-state index >= 15 is 0 Å². The lowest BCUT2D eigenvalue weighted by Crippen LogP contribution is -2.41. The summed E-state index contributed by atoms with van der Waals surface area (Å²) in [7, 11) is 0. The molecule has 1 atom stereocenters. The fourth-order valence-corrected chi connectivity index (χ4v) is 5.98. The Morgan fingerprint density at radius 2 is 1.57 bits per heavy atom. The fraction of sp³-hybridized carbons (Fsp3) is 0.444. The third-order valence-electron chi connectivity index (χ3n) is 6.67. The van der Waals surface area contributed by atoms with Gasteiger partial charge in [-0.05, 0) is 35.1 Å². The average Bonchev–Trinajstić information content (AvgIpc) is 3.48. The van der Waals surface area contributed by atoms with Crippen molar-refractivity contribution in [2.45, 2.75) is 50.5 Å². The first-order valence-electron chi connectivity index (χ1n) is 12.2. The predicted molar refractivity (Wildman–Crippen MR) is 136 cm³/mol. The second-order valence-corrected chi connectivity index (χ2v) is 9.99. The molecule has 1 fully saturated rings. The van der Waals surface area contributed by atoms with Gasteiger partial charge in [0.25, 0.3) is 0 Å². The van der Waals surface area contributed by atoms with Gasteiger partial charge in [0, 0.05) is 24.6 Å². The van der Waals surface area contributed by atoms with Gasteiger partial charge in [-0.25, -0.2) is 9.59 Å². The number of benzene rings is 2. The summed E-state index contributed by atoms with van der Waals surface area (Å²) in [4.78, 5) is 37.1. The molecular formula is C27H32N2O5S. The topological polar surface area (TPSA) is 95.9 Å². The van der Waals surface area contributed by atoms with Gasteiger partial charge < -0.3 is 20.1 Å². The number of amides is 2. The Morgan fingerprint density at radius 3 is 2.26 bits per heavy atom. The number of unbranched alkanes of at least 4 members (excludes halogenated alkanes) is 4. The normalized spacial score (nSPS) is 16.6. The first kappa shape index (κ1) is 25.1. The Morgan fingerprint density at radius 1 is 0.943 bits per heavy atom. The number of carboxylic acid groups (broad SMARTS) is 1. The summed E-state index contributed by atoms with van der Waals surface area (Å²) in [5.41, 5.74) is 4.81. The van der Waals surface area contributed by atoms with Crippen LogP contribution in [0, 0.1) is 0 Å². The second-order valence-electron chi connectivity index (χ2n) is 8.99. The van der Waals surface area contributed by atoms with Crippen molar-refractivity contribution in [1.82, 2.24) is 10.2 Å². The molecule has 2 aromatic rings. The largest absolute Gasteiger partial charge is 0.480 e. The standard InChI is InChI=1S/C27H32N2O5S/c30-25(29-18-35-17-24(29)26(31)32)14-4-2-1-3-9-15-28-27(33)34-16-23-21-12-7-5-10-19(21)20-11-6-8-13-22(20)23/h5-8,10-13,23-24H,1-4,9,14-18H2,(H,28,33)(H,31,32)/t24-/m0/s1. The summed E-state index contributed by atoms with van der Waals surface area (Å²) in [5, 5.41) is 12.0. The zero-order valence-corrected chi connectivity index (χ0v) is 20.6. The number of alkyl carbamates (subject to hydrolysis) is 1. The van der Waals surface area contributed by atoms with Crippen molar-refractivity contribution in [3.8, 4) is 11.1 Å². The van der Waals surface area contributed by atoms with Crippen LogP contribution < -0.4 is 5.32 Å². The van der Waals surface area contributed by atoms with Gasteiger partial charge in [0.05, 0.1) is 5.88 Å². The Hall–Kier alpha value is -3.00. The molecule has 7 nitrogen and oxygen atoms in total. The maximum absolute atomic E-state index is 12.3. The molecule has 0 spiro atoms. The number of carbonyl (C=O) groups excluding carboxylic acids is 2. The van der Waals surface area contributed by atoms with Crippen molar-refractivity contribution in [1.29, 1.82) is 0 Å². The number of carbonyl (C=O) groups is 3. The van der Waals surface area contributed by atoms with Crippen molar-refractivity contribution in [2.24, 2.45) is 0 Å². The van der Waals surface area contributed by atoms with E-state index in [4.69, 9.17) is 4.74 Å². The monoisotopic (exact) mass is 496 g/mol. The van der Waals surface area contributed by atoms with Crippen LogP contribution >= 0.6 is 11.8 Å². The number of hydrogen-bond acceptors (Lipinski definition) is 5. The van der Waals surface area contributed by atoms with Gasteiger partial charge in [-0.15, -0.1) is 11.8 Å². The van der Waals surface area contributed by atoms with Gasteiger partial charge in [0.1, 0.15) is 12.6 Å². The molecule has 0 radical (unpaired) electrons. The highest BCUT2D eigenvalue weighted by Crippen LogP contribution is 2.44. The van der Waals surface area contributed by atoms with Crippen LogP contribution in [0.25, 0.3) is 11.1 Å². The maximum atomic E-state index is 12.3. The summed E-state index contributed by atoms with van der Waals surface area (Å²) in [6.45, 7) is 0.868. The van der Waals surface area contributed by atoms with Gasteiger partial charge >= 0.3 is 12.1 Å². The molecule has 2 aromatic carbocycles. The number of carboxylic acids is 1. The lowest BCUT2D eigenvalue weighted by molar-refractivity contribution is -0.147. The minimum absolute atomic E-state index is 0.0563. The molecule has 0 unspecified atom stereocenters. The average molecular weight is 497 g/mol. The van der Waals surface area contributed by atoms with E-state index in [1.165, 1.54) is 38.9 Å². The van der Waals surface area contributed by atoms with Gasteiger partial charge in [-0.2, -0.15) is 0 Å². The van der Waals surface area contributed by atoms with Crippen LogP contribution in [0.15, 0.2) is 48.5 Å². The molecule has 0 aromatic heterocycles. The minimum atomic E-state index is -0.924. The van der Waals surface area contributed by atoms with Crippen LogP contribution in [-0.2, 0) is 14.3 Å². The SMILES string of the molecule is O=C(NCCCCCCCC(=O)N1CSC[C@H]1C(=O)O)OCC1c2ccccc2-c2ccccc21. The molecule has 1 aliphatic heterocycles. The second kappa shape index (κ2) is 12.1. The number of nitrogens with one attached hydrogen (secondary N) is 1. The highest BCUT2D eigenvalue weighted by atomic mass is 32.2. The Bertz CT molecular complexity index is 1010. The lowest BCUT2D eigenvalue weighted by Gasteiger charge is -2.20. The molecule has 2 aliphatic rings. The zero-order chi connectivity index (χ0) is 24.6. The molecule has 4 rings (SSSR count). The number of rotatable bonds is 11. The van der Waals surface area contributed by atoms with Gasteiger partial charge in [-0.1, -0.05) is 67.8 Å². The number of nitrogens with zero attached hydrogens (tertiary/aromatic N) is 1. The van der Waals surface area contributed by atoms with E-state index < -0.39 is 18.1 Å². The van der Waals surface area contributed by atoms with Gasteiger partial charge in [-0.3, -0.25) is 4.79 Å². The van der Waals surface area contributed by atoms with Crippen molar-refractivity contribution in [2.75, 3.05) is 24.8 Å². The number of aliphatic carboxylic acids is 1. The summed E-state index contributed by atoms with van der Waals surface area (Å²) in [5.74, 6) is 0.00194. The smallest absolute Gasteiger partial charge is 0.407 e. The molecule has 1 saturated heterocycles. The Labute approximate surface area is 210 Å². The predicted octanol–water partition coefficient (Wildman–Crippen LogP) is 4.85. The third-order valence-corrected chi connectivity index (χ3v) is 7.68. The molecule has 1 heterocycles. The van der Waals surface area contributed by atoms with Crippen LogP contribution in [0.3, 0.4) is 0 Å². The van der Waals surface area contributed by atoms with Gasteiger partial charge in [0.2, 0.25) is 5.91 Å². The Kier molecular flexibility index (Phi) is 8.69. The molecule has 2 amide bonds. The molecule has 35 heavy (non-hydrogen) atoms. The molecule has 0 saturated carbocycles. The van der Waals surface area contributed by atoms with Crippen molar-refractivity contribution >= 4 is 29.7 Å². The van der Waals surface area contributed by atoms with Crippen LogP contribution in [0.5, 0.6) is 0 Å². The fourth-order valence-electron chi connectivity index (χ4n) is 4.81. The molecule has 8 heteroatoms. The van der Waals surface area contributed by atoms with Crippen LogP contribution in [0.4, 0.5) is 4.79 Å². The van der Waals surface area contributed by atoms with Crippen LogP contribution in [0.2, 0.25) is 0 Å². The highest BCUT2D eigenvalue weighted by molar-refractivity contribution is 7.99. The number of ether oxygens (including phenoxy) is 1.